The van der Waals surface area contributed by atoms with Crippen molar-refractivity contribution in [3.8, 4) is 11.8 Å². The van der Waals surface area contributed by atoms with Crippen molar-refractivity contribution in [3.63, 3.8) is 0 Å². The Labute approximate surface area is 111 Å². The number of rotatable bonds is 3. The van der Waals surface area contributed by atoms with Crippen LogP contribution in [-0.4, -0.2) is 11.0 Å². The number of benzene rings is 1. The predicted molar refractivity (Wildman–Crippen MR) is 61.2 cm³/mol. The maximum absolute atomic E-state index is 12.3. The summed E-state index contributed by atoms with van der Waals surface area (Å²) in [5.74, 6) is -1.56. The molecule has 1 rings (SSSR count). The van der Waals surface area contributed by atoms with E-state index in [1.807, 2.05) is 5.48 Å². The highest BCUT2D eigenvalue weighted by Crippen LogP contribution is 2.30. The van der Waals surface area contributed by atoms with E-state index in [2.05, 4.69) is 0 Å². The van der Waals surface area contributed by atoms with Crippen LogP contribution in [0.4, 0.5) is 13.2 Å². The molecule has 106 valence electrons. The van der Waals surface area contributed by atoms with Crippen molar-refractivity contribution in [1.82, 2.24) is 5.48 Å². The van der Waals surface area contributed by atoms with Crippen molar-refractivity contribution in [3.05, 3.63) is 41.2 Å². The van der Waals surface area contributed by atoms with Crippen molar-refractivity contribution < 1.29 is 27.9 Å². The van der Waals surface area contributed by atoms with Gasteiger partial charge in [0.15, 0.2) is 11.3 Å². The Kier molecular flexibility index (Phi) is 4.59. The summed E-state index contributed by atoms with van der Waals surface area (Å²) in [7, 11) is 0. The van der Waals surface area contributed by atoms with E-state index in [0.29, 0.717) is 0 Å². The zero-order valence-corrected chi connectivity index (χ0v) is 10.2. The molecule has 0 bridgehead atoms. The standard InChI is InChI=1S/C12H9F3N2O3/c1-7(18)10(6-16)11(19)17-20-9-4-2-8(3-5-9)12(13,14)15/h2-5,18H,1H3,(H,17,19)/b10-7+. The highest BCUT2D eigenvalue weighted by molar-refractivity contribution is 5.97. The van der Waals surface area contributed by atoms with Crippen molar-refractivity contribution >= 4 is 5.91 Å². The lowest BCUT2D eigenvalue weighted by atomic mass is 10.2. The molecule has 0 fully saturated rings. The topological polar surface area (TPSA) is 82.3 Å². The molecule has 0 unspecified atom stereocenters. The number of halogens is 3. The van der Waals surface area contributed by atoms with Crippen LogP contribution in [0.1, 0.15) is 12.5 Å². The van der Waals surface area contributed by atoms with Gasteiger partial charge in [-0.25, -0.2) is 0 Å². The number of alkyl halides is 3. The minimum Gasteiger partial charge on any atom is -0.511 e. The zero-order valence-electron chi connectivity index (χ0n) is 10.2. The smallest absolute Gasteiger partial charge is 0.416 e. The second-order valence-electron chi connectivity index (χ2n) is 3.63. The van der Waals surface area contributed by atoms with Crippen molar-refractivity contribution in [2.75, 3.05) is 0 Å². The number of hydrogen-bond donors (Lipinski definition) is 2. The SMILES string of the molecule is C/C(O)=C(/C#N)C(=O)NOc1ccc(C(F)(F)F)cc1. The van der Waals surface area contributed by atoms with Crippen LogP contribution in [0.15, 0.2) is 35.6 Å². The van der Waals surface area contributed by atoms with Gasteiger partial charge in [0.2, 0.25) is 0 Å². The van der Waals surface area contributed by atoms with E-state index in [1.54, 1.807) is 0 Å². The molecule has 0 aliphatic carbocycles. The fourth-order valence-electron chi connectivity index (χ4n) is 1.16. The summed E-state index contributed by atoms with van der Waals surface area (Å²) in [4.78, 5) is 16.1. The van der Waals surface area contributed by atoms with Crippen molar-refractivity contribution in [2.24, 2.45) is 0 Å². The van der Waals surface area contributed by atoms with Crippen LogP contribution in [0.5, 0.6) is 5.75 Å². The van der Waals surface area contributed by atoms with Crippen molar-refractivity contribution in [2.45, 2.75) is 13.1 Å². The Hall–Kier alpha value is -2.69. The summed E-state index contributed by atoms with van der Waals surface area (Å²) in [6, 6.07) is 5.02. The average Bonchev–Trinajstić information content (AvgIpc) is 2.36. The molecule has 0 heterocycles. The second kappa shape index (κ2) is 5.97. The second-order valence-corrected chi connectivity index (χ2v) is 3.63. The monoisotopic (exact) mass is 286 g/mol. The number of carbonyl (C=O) groups excluding carboxylic acids is 1. The van der Waals surface area contributed by atoms with Crippen LogP contribution < -0.4 is 10.3 Å². The normalized spacial score (nSPS) is 12.2. The molecule has 1 aromatic rings. The van der Waals surface area contributed by atoms with E-state index in [0.717, 1.165) is 31.2 Å². The highest BCUT2D eigenvalue weighted by Gasteiger charge is 2.30. The minimum atomic E-state index is -4.47. The highest BCUT2D eigenvalue weighted by atomic mass is 19.4. The molecular formula is C12H9F3N2O3. The predicted octanol–water partition coefficient (Wildman–Crippen LogP) is 2.47. The number of amides is 1. The zero-order chi connectivity index (χ0) is 15.3. The third-order valence-corrected chi connectivity index (χ3v) is 2.14. The fraction of sp³-hybridized carbons (Fsp3) is 0.167. The van der Waals surface area contributed by atoms with Crippen LogP contribution in [-0.2, 0) is 11.0 Å². The molecule has 0 aromatic heterocycles. The van der Waals surface area contributed by atoms with Gasteiger partial charge < -0.3 is 9.94 Å². The molecule has 0 aliphatic heterocycles. The van der Waals surface area contributed by atoms with Crippen LogP contribution in [0.3, 0.4) is 0 Å². The lowest BCUT2D eigenvalue weighted by molar-refractivity contribution is -0.137. The fourth-order valence-corrected chi connectivity index (χ4v) is 1.16. The summed E-state index contributed by atoms with van der Waals surface area (Å²) in [5.41, 5.74) is 0.409. The molecule has 0 aliphatic rings. The molecule has 20 heavy (non-hydrogen) atoms. The Bertz CT molecular complexity index is 567. The molecule has 5 nitrogen and oxygen atoms in total. The molecule has 0 radical (unpaired) electrons. The van der Waals surface area contributed by atoms with E-state index in [9.17, 15) is 18.0 Å². The summed E-state index contributed by atoms with van der Waals surface area (Å²) in [6.07, 6.45) is -4.47. The van der Waals surface area contributed by atoms with Gasteiger partial charge in [-0.3, -0.25) is 4.79 Å². The number of nitrogens with zero attached hydrogens (tertiary/aromatic N) is 1. The van der Waals surface area contributed by atoms with E-state index in [-0.39, 0.29) is 5.75 Å². The number of nitrogens with one attached hydrogen (secondary N) is 1. The molecule has 0 spiro atoms. The quantitative estimate of drug-likeness (QED) is 0.387. The Morgan fingerprint density at radius 2 is 1.90 bits per heavy atom. The number of aliphatic hydroxyl groups excluding tert-OH is 1. The van der Waals surface area contributed by atoms with Gasteiger partial charge in [-0.05, 0) is 31.2 Å². The van der Waals surface area contributed by atoms with Gasteiger partial charge in [0.1, 0.15) is 11.8 Å². The third kappa shape index (κ3) is 3.91. The largest absolute Gasteiger partial charge is 0.511 e. The molecule has 1 amide bonds. The molecular weight excluding hydrogens is 277 g/mol. The molecule has 8 heteroatoms. The minimum absolute atomic E-state index is 0.0563. The number of hydroxylamine groups is 1. The van der Waals surface area contributed by atoms with Crippen LogP contribution >= 0.6 is 0 Å². The molecule has 0 atom stereocenters. The third-order valence-electron chi connectivity index (χ3n) is 2.14. The van der Waals surface area contributed by atoms with Crippen LogP contribution in [0.25, 0.3) is 0 Å². The lowest BCUT2D eigenvalue weighted by Gasteiger charge is -2.09. The van der Waals surface area contributed by atoms with Gasteiger partial charge in [0.25, 0.3) is 5.91 Å². The Morgan fingerprint density at radius 3 is 2.30 bits per heavy atom. The van der Waals surface area contributed by atoms with Gasteiger partial charge in [-0.2, -0.15) is 23.9 Å². The summed E-state index contributed by atoms with van der Waals surface area (Å²) in [6.45, 7) is 1.14. The summed E-state index contributed by atoms with van der Waals surface area (Å²) in [5, 5.41) is 17.6. The number of allylic oxidation sites excluding steroid dienone is 1. The first-order valence-electron chi connectivity index (χ1n) is 5.20. The van der Waals surface area contributed by atoms with Gasteiger partial charge in [0, 0.05) is 0 Å². The summed E-state index contributed by atoms with van der Waals surface area (Å²) < 4.78 is 36.9. The number of nitriles is 1. The molecule has 2 N–H and O–H groups in total. The van der Waals surface area contributed by atoms with Gasteiger partial charge in [-0.15, -0.1) is 0 Å². The maximum atomic E-state index is 12.3. The van der Waals surface area contributed by atoms with Crippen LogP contribution in [0.2, 0.25) is 0 Å². The number of carbonyl (C=O) groups is 1. The Balaban J connectivity index is 2.71. The number of aliphatic hydroxyl groups is 1. The van der Waals surface area contributed by atoms with E-state index in [4.69, 9.17) is 15.2 Å². The molecule has 0 saturated carbocycles. The van der Waals surface area contributed by atoms with E-state index in [1.165, 1.54) is 6.07 Å². The first kappa shape index (κ1) is 15.4. The van der Waals surface area contributed by atoms with Gasteiger partial charge in [-0.1, -0.05) is 0 Å². The maximum Gasteiger partial charge on any atom is 0.416 e. The molecule has 1 aromatic carbocycles. The first-order valence-corrected chi connectivity index (χ1v) is 5.20. The number of hydrogen-bond acceptors (Lipinski definition) is 4. The average molecular weight is 286 g/mol. The van der Waals surface area contributed by atoms with Crippen LogP contribution in [0, 0.1) is 11.3 Å². The first-order chi connectivity index (χ1) is 9.25. The Morgan fingerprint density at radius 1 is 1.35 bits per heavy atom. The van der Waals surface area contributed by atoms with E-state index < -0.39 is 29.0 Å². The van der Waals surface area contributed by atoms with Gasteiger partial charge in [0.05, 0.1) is 5.56 Å². The van der Waals surface area contributed by atoms with E-state index >= 15 is 0 Å². The summed E-state index contributed by atoms with van der Waals surface area (Å²) >= 11 is 0. The molecule has 0 saturated heterocycles. The van der Waals surface area contributed by atoms with Crippen molar-refractivity contribution in [1.29, 1.82) is 5.26 Å². The van der Waals surface area contributed by atoms with Gasteiger partial charge >= 0.3 is 6.18 Å². The lowest BCUT2D eigenvalue weighted by Crippen LogP contribution is -2.28.